The molecule has 0 atom stereocenters. The summed E-state index contributed by atoms with van der Waals surface area (Å²) in [6.07, 6.45) is 3.31. The molecule has 5 nitrogen and oxygen atoms in total. The fourth-order valence-corrected chi connectivity index (χ4v) is 0.895. The molecule has 0 bridgehead atoms. The van der Waals surface area contributed by atoms with Gasteiger partial charge in [0.1, 0.15) is 6.61 Å². The van der Waals surface area contributed by atoms with E-state index in [9.17, 15) is 9.59 Å². The van der Waals surface area contributed by atoms with Crippen LogP contribution in [0.15, 0.2) is 12.7 Å². The molecule has 0 heterocycles. The lowest BCUT2D eigenvalue weighted by Crippen LogP contribution is -2.25. The van der Waals surface area contributed by atoms with Gasteiger partial charge in [-0.2, -0.15) is 0 Å². The first kappa shape index (κ1) is 16.2. The van der Waals surface area contributed by atoms with Crippen molar-refractivity contribution in [3.8, 4) is 11.8 Å². The zero-order chi connectivity index (χ0) is 13.6. The van der Waals surface area contributed by atoms with Crippen LogP contribution in [-0.4, -0.2) is 38.2 Å². The van der Waals surface area contributed by atoms with Gasteiger partial charge in [-0.3, -0.25) is 10.1 Å². The number of nitrogens with one attached hydrogen (secondary N) is 1. The molecule has 0 amide bonds. The highest BCUT2D eigenvalue weighted by atomic mass is 16.5. The highest BCUT2D eigenvalue weighted by Crippen LogP contribution is 1.87. The fourth-order valence-electron chi connectivity index (χ4n) is 0.895. The second kappa shape index (κ2) is 11.7. The van der Waals surface area contributed by atoms with Crippen molar-refractivity contribution in [2.45, 2.75) is 19.8 Å². The SMILES string of the molecule is C=CCOC(=O)C#CCNCC(=O)OCCCC. The van der Waals surface area contributed by atoms with Crippen LogP contribution in [0.4, 0.5) is 0 Å². The number of carbonyl (C=O) groups excluding carboxylic acids is 2. The molecule has 0 aromatic rings. The van der Waals surface area contributed by atoms with Crippen LogP contribution in [0, 0.1) is 11.8 Å². The van der Waals surface area contributed by atoms with Crippen molar-refractivity contribution in [2.75, 3.05) is 26.3 Å². The summed E-state index contributed by atoms with van der Waals surface area (Å²) in [6.45, 7) is 6.32. The van der Waals surface area contributed by atoms with Crippen molar-refractivity contribution in [2.24, 2.45) is 0 Å². The molecule has 5 heteroatoms. The van der Waals surface area contributed by atoms with E-state index in [-0.39, 0.29) is 25.7 Å². The van der Waals surface area contributed by atoms with Gasteiger partial charge in [-0.25, -0.2) is 4.79 Å². The predicted molar refractivity (Wildman–Crippen MR) is 67.7 cm³/mol. The molecule has 0 spiro atoms. The molecule has 100 valence electrons. The first-order valence-corrected chi connectivity index (χ1v) is 5.83. The van der Waals surface area contributed by atoms with E-state index in [4.69, 9.17) is 4.74 Å². The lowest BCUT2D eigenvalue weighted by molar-refractivity contribution is -0.142. The Morgan fingerprint density at radius 2 is 2.17 bits per heavy atom. The third kappa shape index (κ3) is 10.7. The summed E-state index contributed by atoms with van der Waals surface area (Å²) in [5, 5.41) is 2.75. The van der Waals surface area contributed by atoms with E-state index in [0.29, 0.717) is 6.61 Å². The number of hydrogen-bond acceptors (Lipinski definition) is 5. The zero-order valence-electron chi connectivity index (χ0n) is 10.7. The van der Waals surface area contributed by atoms with Gasteiger partial charge in [0.15, 0.2) is 0 Å². The Balaban J connectivity index is 3.54. The second-order valence-corrected chi connectivity index (χ2v) is 3.37. The summed E-state index contributed by atoms with van der Waals surface area (Å²) in [6, 6.07) is 0. The lowest BCUT2D eigenvalue weighted by atomic mass is 10.4. The summed E-state index contributed by atoms with van der Waals surface area (Å²) in [7, 11) is 0. The summed E-state index contributed by atoms with van der Waals surface area (Å²) in [4.78, 5) is 22.0. The van der Waals surface area contributed by atoms with Crippen molar-refractivity contribution in [3.63, 3.8) is 0 Å². The lowest BCUT2D eigenvalue weighted by Gasteiger charge is -2.02. The monoisotopic (exact) mass is 253 g/mol. The van der Waals surface area contributed by atoms with E-state index >= 15 is 0 Å². The molecule has 1 N–H and O–H groups in total. The Labute approximate surface area is 108 Å². The minimum absolute atomic E-state index is 0.0834. The summed E-state index contributed by atoms with van der Waals surface area (Å²) >= 11 is 0. The van der Waals surface area contributed by atoms with Crippen molar-refractivity contribution < 1.29 is 19.1 Å². The maximum atomic E-state index is 11.1. The Hall–Kier alpha value is -1.80. The molecule has 0 saturated carbocycles. The van der Waals surface area contributed by atoms with E-state index < -0.39 is 5.97 Å². The van der Waals surface area contributed by atoms with Gasteiger partial charge in [0.2, 0.25) is 0 Å². The van der Waals surface area contributed by atoms with Gasteiger partial charge < -0.3 is 9.47 Å². The molecule has 0 rings (SSSR count). The Morgan fingerprint density at radius 3 is 2.83 bits per heavy atom. The Morgan fingerprint density at radius 1 is 1.39 bits per heavy atom. The van der Waals surface area contributed by atoms with Crippen LogP contribution in [-0.2, 0) is 19.1 Å². The molecule has 0 aliphatic rings. The predicted octanol–water partition coefficient (Wildman–Crippen LogP) is 0.652. The van der Waals surface area contributed by atoms with Crippen LogP contribution in [0.2, 0.25) is 0 Å². The largest absolute Gasteiger partial charge is 0.465 e. The topological polar surface area (TPSA) is 64.6 Å². The quantitative estimate of drug-likeness (QED) is 0.226. The average molecular weight is 253 g/mol. The normalized spacial score (nSPS) is 8.94. The first-order chi connectivity index (χ1) is 8.70. The maximum absolute atomic E-state index is 11.1. The zero-order valence-corrected chi connectivity index (χ0v) is 10.7. The minimum Gasteiger partial charge on any atom is -0.465 e. The maximum Gasteiger partial charge on any atom is 0.384 e. The Bertz CT molecular complexity index is 328. The molecular weight excluding hydrogens is 234 g/mol. The van der Waals surface area contributed by atoms with Gasteiger partial charge in [0.05, 0.1) is 19.7 Å². The van der Waals surface area contributed by atoms with E-state index in [1.165, 1.54) is 6.08 Å². The first-order valence-electron chi connectivity index (χ1n) is 5.83. The molecule has 0 aliphatic carbocycles. The number of hydrogen-bond donors (Lipinski definition) is 1. The number of ether oxygens (including phenoxy) is 2. The number of carbonyl (C=O) groups is 2. The van der Waals surface area contributed by atoms with E-state index in [1.807, 2.05) is 6.92 Å². The van der Waals surface area contributed by atoms with Crippen LogP contribution >= 0.6 is 0 Å². The molecule has 0 fully saturated rings. The molecule has 0 saturated heterocycles. The average Bonchev–Trinajstić information content (AvgIpc) is 2.36. The van der Waals surface area contributed by atoms with Crippen LogP contribution in [0.3, 0.4) is 0 Å². The van der Waals surface area contributed by atoms with Crippen LogP contribution in [0.5, 0.6) is 0 Å². The molecule has 0 aromatic heterocycles. The van der Waals surface area contributed by atoms with Gasteiger partial charge in [-0.15, -0.1) is 0 Å². The van der Waals surface area contributed by atoms with Gasteiger partial charge >= 0.3 is 11.9 Å². The number of unbranched alkanes of at least 4 members (excludes halogenated alkanes) is 1. The fraction of sp³-hybridized carbons (Fsp3) is 0.538. The Kier molecular flexibility index (Phi) is 10.5. The molecule has 0 unspecified atom stereocenters. The highest BCUT2D eigenvalue weighted by Gasteiger charge is 2.00. The summed E-state index contributed by atoms with van der Waals surface area (Å²) in [5.41, 5.74) is 0. The standard InChI is InChI=1S/C13H19NO4/c1-3-5-10-18-13(16)11-14-8-6-7-12(15)17-9-4-2/h4,14H,2-3,5,8-11H2,1H3. The number of rotatable bonds is 8. The van der Waals surface area contributed by atoms with E-state index in [1.54, 1.807) is 0 Å². The minimum atomic E-state index is -0.609. The smallest absolute Gasteiger partial charge is 0.384 e. The van der Waals surface area contributed by atoms with E-state index in [2.05, 4.69) is 28.5 Å². The van der Waals surface area contributed by atoms with E-state index in [0.717, 1.165) is 12.8 Å². The van der Waals surface area contributed by atoms with Crippen molar-refractivity contribution in [1.82, 2.24) is 5.32 Å². The van der Waals surface area contributed by atoms with Crippen molar-refractivity contribution in [3.05, 3.63) is 12.7 Å². The summed E-state index contributed by atoms with van der Waals surface area (Å²) in [5.74, 6) is 3.88. The molecule has 0 aliphatic heterocycles. The molecule has 0 aromatic carbocycles. The van der Waals surface area contributed by atoms with Gasteiger partial charge in [0, 0.05) is 5.92 Å². The molecular formula is C13H19NO4. The molecule has 0 radical (unpaired) electrons. The van der Waals surface area contributed by atoms with Crippen LogP contribution in [0.25, 0.3) is 0 Å². The number of esters is 2. The second-order valence-electron chi connectivity index (χ2n) is 3.37. The highest BCUT2D eigenvalue weighted by molar-refractivity contribution is 5.88. The van der Waals surface area contributed by atoms with Gasteiger partial charge in [0.25, 0.3) is 0 Å². The third-order valence-corrected chi connectivity index (χ3v) is 1.77. The molecule has 18 heavy (non-hydrogen) atoms. The van der Waals surface area contributed by atoms with Crippen molar-refractivity contribution >= 4 is 11.9 Å². The third-order valence-electron chi connectivity index (χ3n) is 1.77. The summed E-state index contributed by atoms with van der Waals surface area (Å²) < 4.78 is 9.55. The van der Waals surface area contributed by atoms with Crippen molar-refractivity contribution in [1.29, 1.82) is 0 Å². The van der Waals surface area contributed by atoms with Gasteiger partial charge in [-0.05, 0) is 6.42 Å². The van der Waals surface area contributed by atoms with Crippen LogP contribution < -0.4 is 5.32 Å². The van der Waals surface area contributed by atoms with Gasteiger partial charge in [-0.1, -0.05) is 31.9 Å². The van der Waals surface area contributed by atoms with Crippen LogP contribution in [0.1, 0.15) is 19.8 Å².